The molecule has 33 heavy (non-hydrogen) atoms. The number of esters is 3. The van der Waals surface area contributed by atoms with Crippen LogP contribution in [0.2, 0.25) is 0 Å². The van der Waals surface area contributed by atoms with E-state index in [4.69, 9.17) is 0 Å². The van der Waals surface area contributed by atoms with Crippen LogP contribution in [0, 0.1) is 5.92 Å². The monoisotopic (exact) mass is 494 g/mol. The highest BCUT2D eigenvalue weighted by Gasteiger charge is 2.40. The molecule has 8 nitrogen and oxygen atoms in total. The second-order valence-corrected chi connectivity index (χ2v) is 10.2. The Balaban J connectivity index is 1.51. The van der Waals surface area contributed by atoms with E-state index in [1.165, 1.54) is 42.8 Å². The van der Waals surface area contributed by atoms with Crippen LogP contribution in [0.3, 0.4) is 0 Å². The molecule has 0 bridgehead atoms. The summed E-state index contributed by atoms with van der Waals surface area (Å²) in [7, 11) is 1.35. The molecule has 0 amide bonds. The highest BCUT2D eigenvalue weighted by atomic mass is 32.2. The molecule has 1 aromatic carbocycles. The quantitative estimate of drug-likeness (QED) is 0.203. The lowest BCUT2D eigenvalue weighted by Gasteiger charge is -2.17. The molecule has 0 radical (unpaired) electrons. The number of ether oxygens (including phenoxy) is 2. The van der Waals surface area contributed by atoms with Crippen LogP contribution < -0.4 is 0 Å². The first-order valence-corrected chi connectivity index (χ1v) is 12.7. The fourth-order valence-corrected chi connectivity index (χ4v) is 6.02. The highest BCUT2D eigenvalue weighted by molar-refractivity contribution is 8.01. The summed E-state index contributed by atoms with van der Waals surface area (Å²) in [5, 5.41) is 20.4. The van der Waals surface area contributed by atoms with Crippen molar-refractivity contribution in [1.82, 2.24) is 0 Å². The molecular formula is C23H26O8S2. The molecule has 4 atom stereocenters. The second-order valence-electron chi connectivity index (χ2n) is 7.80. The van der Waals surface area contributed by atoms with E-state index < -0.39 is 30.1 Å². The Labute approximate surface area is 200 Å². The standard InChI is InChI=1S/C23H26O8S2/c1-30-20(27)12-32-7-2-8-33-21-16(18(25)11-19(21)26)6-4-14(24)9-13-3-5-15-17(10-13)23(29)31-22(15)28/h3-6,10,14,16,18,21,24-25H,2,7-9,11-12H2,1H3/b6-4+/t14?,16-,18+,21+/m0/s1. The Hall–Kier alpha value is -2.14. The first kappa shape index (κ1) is 25.5. The molecular weight excluding hydrogens is 468 g/mol. The van der Waals surface area contributed by atoms with Gasteiger partial charge in [-0.1, -0.05) is 18.2 Å². The van der Waals surface area contributed by atoms with Gasteiger partial charge in [-0.25, -0.2) is 9.59 Å². The van der Waals surface area contributed by atoms with Crippen molar-refractivity contribution in [3.8, 4) is 0 Å². The van der Waals surface area contributed by atoms with Gasteiger partial charge in [-0.3, -0.25) is 9.59 Å². The van der Waals surface area contributed by atoms with Gasteiger partial charge in [0, 0.05) is 18.8 Å². The van der Waals surface area contributed by atoms with Crippen LogP contribution in [0.1, 0.15) is 39.1 Å². The Kier molecular flexibility index (Phi) is 9.13. The van der Waals surface area contributed by atoms with Crippen LogP contribution in [-0.4, -0.2) is 75.7 Å². The van der Waals surface area contributed by atoms with Crippen molar-refractivity contribution in [1.29, 1.82) is 0 Å². The SMILES string of the molecule is COC(=O)CSCCCS[C@H]1C(=O)C[C@@H](O)[C@@H]1/C=C/C(O)Cc1ccc2c(c1)C(=O)OC2=O. The second kappa shape index (κ2) is 11.8. The summed E-state index contributed by atoms with van der Waals surface area (Å²) in [6.45, 7) is 0. The van der Waals surface area contributed by atoms with Crippen molar-refractivity contribution < 1.29 is 38.9 Å². The van der Waals surface area contributed by atoms with Crippen molar-refractivity contribution in [3.63, 3.8) is 0 Å². The smallest absolute Gasteiger partial charge is 0.346 e. The number of aliphatic hydroxyl groups is 2. The van der Waals surface area contributed by atoms with Crippen LogP contribution in [0.5, 0.6) is 0 Å². The molecule has 1 aliphatic heterocycles. The predicted octanol–water partition coefficient (Wildman–Crippen LogP) is 1.80. The van der Waals surface area contributed by atoms with Gasteiger partial charge in [-0.15, -0.1) is 11.8 Å². The minimum atomic E-state index is -0.889. The first-order chi connectivity index (χ1) is 15.8. The Morgan fingerprint density at radius 1 is 1.24 bits per heavy atom. The van der Waals surface area contributed by atoms with Crippen LogP contribution in [-0.2, 0) is 25.5 Å². The zero-order valence-electron chi connectivity index (χ0n) is 18.1. The van der Waals surface area contributed by atoms with E-state index in [1.54, 1.807) is 18.2 Å². The van der Waals surface area contributed by atoms with Gasteiger partial charge in [0.1, 0.15) is 5.78 Å². The fourth-order valence-electron chi connectivity index (χ4n) is 3.72. The normalized spacial score (nSPS) is 23.1. The van der Waals surface area contributed by atoms with Gasteiger partial charge in [0.2, 0.25) is 0 Å². The Bertz CT molecular complexity index is 944. The molecule has 1 unspecified atom stereocenters. The third kappa shape index (κ3) is 6.69. The molecule has 2 N–H and O–H groups in total. The number of rotatable bonds is 11. The molecule has 0 aromatic heterocycles. The van der Waals surface area contributed by atoms with Crippen LogP contribution in [0.25, 0.3) is 0 Å². The summed E-state index contributed by atoms with van der Waals surface area (Å²) < 4.78 is 9.16. The summed E-state index contributed by atoms with van der Waals surface area (Å²) in [6, 6.07) is 4.69. The van der Waals surface area contributed by atoms with Crippen LogP contribution in [0.15, 0.2) is 30.4 Å². The number of hydrogen-bond donors (Lipinski definition) is 2. The number of aliphatic hydroxyl groups excluding tert-OH is 2. The van der Waals surface area contributed by atoms with E-state index in [9.17, 15) is 29.4 Å². The van der Waals surface area contributed by atoms with E-state index in [0.717, 1.165) is 12.2 Å². The van der Waals surface area contributed by atoms with Gasteiger partial charge in [-0.2, -0.15) is 11.8 Å². The van der Waals surface area contributed by atoms with Gasteiger partial charge in [-0.05, 0) is 35.6 Å². The molecule has 178 valence electrons. The maximum absolute atomic E-state index is 12.3. The lowest BCUT2D eigenvalue weighted by molar-refractivity contribution is -0.137. The zero-order valence-corrected chi connectivity index (χ0v) is 19.7. The molecule has 0 saturated heterocycles. The molecule has 1 fully saturated rings. The minimum Gasteiger partial charge on any atom is -0.468 e. The van der Waals surface area contributed by atoms with E-state index in [2.05, 4.69) is 9.47 Å². The molecule has 0 spiro atoms. The third-order valence-corrected chi connectivity index (χ3v) is 7.89. The van der Waals surface area contributed by atoms with Crippen molar-refractivity contribution in [2.75, 3.05) is 24.4 Å². The lowest BCUT2D eigenvalue weighted by Crippen LogP contribution is -2.22. The summed E-state index contributed by atoms with van der Waals surface area (Å²) in [4.78, 5) is 46.7. The number of benzene rings is 1. The number of hydrogen-bond acceptors (Lipinski definition) is 10. The van der Waals surface area contributed by atoms with E-state index in [0.29, 0.717) is 17.1 Å². The fraction of sp³-hybridized carbons (Fsp3) is 0.478. The lowest BCUT2D eigenvalue weighted by atomic mass is 9.99. The molecule has 1 saturated carbocycles. The number of fused-ring (bicyclic) bond motifs is 1. The Morgan fingerprint density at radius 3 is 2.76 bits per heavy atom. The maximum atomic E-state index is 12.3. The van der Waals surface area contributed by atoms with Crippen LogP contribution >= 0.6 is 23.5 Å². The number of methoxy groups -OCH3 is 1. The summed E-state index contributed by atoms with van der Waals surface area (Å²) >= 11 is 2.96. The summed E-state index contributed by atoms with van der Waals surface area (Å²) in [5.74, 6) is -0.260. The van der Waals surface area contributed by atoms with Gasteiger partial charge in [0.15, 0.2) is 0 Å². The number of carbonyl (C=O) groups excluding carboxylic acids is 4. The molecule has 2 aliphatic rings. The van der Waals surface area contributed by atoms with Crippen molar-refractivity contribution >= 4 is 47.2 Å². The zero-order chi connectivity index (χ0) is 24.0. The molecule has 1 aromatic rings. The maximum Gasteiger partial charge on any atom is 0.346 e. The van der Waals surface area contributed by atoms with E-state index in [-0.39, 0.29) is 41.0 Å². The van der Waals surface area contributed by atoms with E-state index >= 15 is 0 Å². The highest BCUT2D eigenvalue weighted by Crippen LogP contribution is 2.34. The third-order valence-electron chi connectivity index (χ3n) is 5.41. The van der Waals surface area contributed by atoms with Crippen molar-refractivity contribution in [3.05, 3.63) is 47.0 Å². The minimum absolute atomic E-state index is 0.0133. The largest absolute Gasteiger partial charge is 0.468 e. The van der Waals surface area contributed by atoms with E-state index in [1.807, 2.05) is 0 Å². The number of carbonyl (C=O) groups is 4. The topological polar surface area (TPSA) is 127 Å². The predicted molar refractivity (Wildman–Crippen MR) is 124 cm³/mol. The van der Waals surface area contributed by atoms with Crippen molar-refractivity contribution in [2.24, 2.45) is 5.92 Å². The van der Waals surface area contributed by atoms with Gasteiger partial charge in [0.25, 0.3) is 0 Å². The molecule has 3 rings (SSSR count). The number of ketones is 1. The first-order valence-electron chi connectivity index (χ1n) is 10.5. The number of Topliss-reactive ketones (excluding diaryl/α,β-unsaturated/α-hetero) is 1. The molecule has 1 aliphatic carbocycles. The number of thioether (sulfide) groups is 2. The summed E-state index contributed by atoms with van der Waals surface area (Å²) in [6.07, 6.45) is 2.66. The Morgan fingerprint density at radius 2 is 2.00 bits per heavy atom. The van der Waals surface area contributed by atoms with Gasteiger partial charge >= 0.3 is 17.9 Å². The van der Waals surface area contributed by atoms with Gasteiger partial charge < -0.3 is 19.7 Å². The molecule has 10 heteroatoms. The van der Waals surface area contributed by atoms with Gasteiger partial charge in [0.05, 0.1) is 41.4 Å². The molecule has 1 heterocycles. The average Bonchev–Trinajstić information content (AvgIpc) is 3.22. The van der Waals surface area contributed by atoms with Crippen LogP contribution in [0.4, 0.5) is 0 Å². The average molecular weight is 495 g/mol. The summed E-state index contributed by atoms with van der Waals surface area (Å²) in [5.41, 5.74) is 1.06. The number of cyclic esters (lactones) is 2. The van der Waals surface area contributed by atoms with Crippen molar-refractivity contribution in [2.45, 2.75) is 36.7 Å².